The van der Waals surface area contributed by atoms with Crippen molar-refractivity contribution in [2.75, 3.05) is 11.9 Å². The maximum Gasteiger partial charge on any atom is 0.130 e. The monoisotopic (exact) mass is 247 g/mol. The van der Waals surface area contributed by atoms with Crippen molar-refractivity contribution in [2.24, 2.45) is 0 Å². The highest BCUT2D eigenvalue weighted by molar-refractivity contribution is 5.38. The first-order valence-electron chi connectivity index (χ1n) is 5.92. The number of aromatic nitrogens is 2. The minimum Gasteiger partial charge on any atom is -0.467 e. The summed E-state index contributed by atoms with van der Waals surface area (Å²) in [6, 6.07) is 5.51. The second-order valence-corrected chi connectivity index (χ2v) is 4.17. The zero-order chi connectivity index (χ0) is 13.0. The smallest absolute Gasteiger partial charge is 0.130 e. The van der Waals surface area contributed by atoms with Gasteiger partial charge in [-0.15, -0.1) is 0 Å². The van der Waals surface area contributed by atoms with Crippen molar-refractivity contribution in [2.45, 2.75) is 26.3 Å². The number of hydrogen-bond donors (Lipinski definition) is 2. The average Bonchev–Trinajstić information content (AvgIpc) is 2.80. The summed E-state index contributed by atoms with van der Waals surface area (Å²) in [5.41, 5.74) is 0.909. The molecule has 5 heteroatoms. The van der Waals surface area contributed by atoms with Crippen molar-refractivity contribution in [3.8, 4) is 0 Å². The molecule has 0 aliphatic carbocycles. The number of rotatable bonds is 5. The Hall–Kier alpha value is -1.88. The fraction of sp³-hybridized carbons (Fsp3) is 0.385. The summed E-state index contributed by atoms with van der Waals surface area (Å²) in [4.78, 5) is 8.55. The summed E-state index contributed by atoms with van der Waals surface area (Å²) in [7, 11) is 0. The lowest BCUT2D eigenvalue weighted by Crippen LogP contribution is -2.13. The molecule has 2 aromatic heterocycles. The summed E-state index contributed by atoms with van der Waals surface area (Å²) < 4.78 is 5.36. The number of aliphatic hydroxyl groups is 1. The van der Waals surface area contributed by atoms with E-state index in [1.54, 1.807) is 6.26 Å². The van der Waals surface area contributed by atoms with Crippen molar-refractivity contribution in [3.05, 3.63) is 41.7 Å². The fourth-order valence-corrected chi connectivity index (χ4v) is 1.87. The van der Waals surface area contributed by atoms with Crippen LogP contribution in [0, 0.1) is 13.8 Å². The number of nitrogens with zero attached hydrogens (tertiary/aromatic N) is 2. The predicted molar refractivity (Wildman–Crippen MR) is 68.3 cm³/mol. The molecule has 0 fully saturated rings. The van der Waals surface area contributed by atoms with Gasteiger partial charge in [-0.1, -0.05) is 0 Å². The third-order valence-corrected chi connectivity index (χ3v) is 2.59. The molecular formula is C13H17N3O2. The van der Waals surface area contributed by atoms with Crippen LogP contribution in [0.15, 0.2) is 28.9 Å². The van der Waals surface area contributed by atoms with E-state index in [-0.39, 0.29) is 12.6 Å². The molecule has 2 rings (SSSR count). The Balaban J connectivity index is 2.18. The number of nitrogens with one attached hydrogen (secondary N) is 1. The molecule has 5 nitrogen and oxygen atoms in total. The Labute approximate surface area is 106 Å². The van der Waals surface area contributed by atoms with E-state index in [0.29, 0.717) is 6.42 Å². The van der Waals surface area contributed by atoms with E-state index in [0.717, 1.165) is 23.1 Å². The number of aliphatic hydroxyl groups excluding tert-OH is 1. The summed E-state index contributed by atoms with van der Waals surface area (Å²) in [6.45, 7) is 3.86. The van der Waals surface area contributed by atoms with Gasteiger partial charge in [0.15, 0.2) is 0 Å². The van der Waals surface area contributed by atoms with Gasteiger partial charge in [0, 0.05) is 18.4 Å². The zero-order valence-electron chi connectivity index (χ0n) is 10.6. The lowest BCUT2D eigenvalue weighted by molar-refractivity contribution is 0.273. The van der Waals surface area contributed by atoms with Crippen LogP contribution < -0.4 is 5.32 Å². The Morgan fingerprint density at radius 1 is 1.39 bits per heavy atom. The summed E-state index contributed by atoms with van der Waals surface area (Å²) in [5, 5.41) is 12.4. The number of hydrogen-bond acceptors (Lipinski definition) is 5. The van der Waals surface area contributed by atoms with Crippen molar-refractivity contribution < 1.29 is 9.52 Å². The van der Waals surface area contributed by atoms with Crippen LogP contribution in [-0.4, -0.2) is 21.7 Å². The molecule has 1 atom stereocenters. The van der Waals surface area contributed by atoms with Gasteiger partial charge >= 0.3 is 0 Å². The average molecular weight is 247 g/mol. The zero-order valence-corrected chi connectivity index (χ0v) is 10.6. The van der Waals surface area contributed by atoms with Gasteiger partial charge in [0.2, 0.25) is 0 Å². The highest BCUT2D eigenvalue weighted by Crippen LogP contribution is 2.22. The van der Waals surface area contributed by atoms with Gasteiger partial charge in [-0.25, -0.2) is 9.97 Å². The van der Waals surface area contributed by atoms with Gasteiger partial charge in [0.25, 0.3) is 0 Å². The highest BCUT2D eigenvalue weighted by Gasteiger charge is 2.14. The molecule has 18 heavy (non-hydrogen) atoms. The van der Waals surface area contributed by atoms with E-state index in [1.165, 1.54) is 0 Å². The van der Waals surface area contributed by atoms with Gasteiger partial charge < -0.3 is 14.8 Å². The summed E-state index contributed by atoms with van der Waals surface area (Å²) >= 11 is 0. The first kappa shape index (κ1) is 12.6. The van der Waals surface area contributed by atoms with Crippen LogP contribution in [-0.2, 0) is 0 Å². The highest BCUT2D eigenvalue weighted by atomic mass is 16.3. The molecule has 0 amide bonds. The molecule has 0 aliphatic heterocycles. The summed E-state index contributed by atoms with van der Waals surface area (Å²) in [5.74, 6) is 2.26. The van der Waals surface area contributed by atoms with Crippen LogP contribution in [0.25, 0.3) is 0 Å². The molecule has 0 saturated carbocycles. The SMILES string of the molecule is Cc1cc(NC(CCO)c2ccco2)nc(C)n1. The first-order chi connectivity index (χ1) is 8.69. The maximum atomic E-state index is 9.11. The van der Waals surface area contributed by atoms with Gasteiger partial charge in [-0.05, 0) is 32.4 Å². The quantitative estimate of drug-likeness (QED) is 0.847. The standard InChI is InChI=1S/C13H17N3O2/c1-9-8-13(15-10(2)14-9)16-11(5-6-17)12-4-3-7-18-12/h3-4,7-8,11,17H,5-6H2,1-2H3,(H,14,15,16). The Kier molecular flexibility index (Phi) is 3.94. The molecule has 2 aromatic rings. The van der Waals surface area contributed by atoms with Crippen LogP contribution in [0.5, 0.6) is 0 Å². The van der Waals surface area contributed by atoms with Crippen LogP contribution in [0.4, 0.5) is 5.82 Å². The summed E-state index contributed by atoms with van der Waals surface area (Å²) in [6.07, 6.45) is 2.19. The van der Waals surface area contributed by atoms with E-state index in [2.05, 4.69) is 15.3 Å². The van der Waals surface area contributed by atoms with Crippen LogP contribution in [0.1, 0.15) is 29.7 Å². The van der Waals surface area contributed by atoms with Gasteiger partial charge in [-0.3, -0.25) is 0 Å². The molecule has 96 valence electrons. The van der Waals surface area contributed by atoms with Crippen molar-refractivity contribution in [1.82, 2.24) is 9.97 Å². The van der Waals surface area contributed by atoms with Crippen LogP contribution >= 0.6 is 0 Å². The van der Waals surface area contributed by atoms with E-state index in [4.69, 9.17) is 9.52 Å². The van der Waals surface area contributed by atoms with Crippen molar-refractivity contribution in [1.29, 1.82) is 0 Å². The molecule has 2 N–H and O–H groups in total. The Morgan fingerprint density at radius 2 is 2.22 bits per heavy atom. The third kappa shape index (κ3) is 3.07. The Morgan fingerprint density at radius 3 is 2.83 bits per heavy atom. The van der Waals surface area contributed by atoms with Crippen molar-refractivity contribution >= 4 is 5.82 Å². The minimum absolute atomic E-state index is 0.0845. The largest absolute Gasteiger partial charge is 0.467 e. The van der Waals surface area contributed by atoms with E-state index < -0.39 is 0 Å². The molecule has 0 aromatic carbocycles. The minimum atomic E-state index is -0.0845. The number of anilines is 1. The van der Waals surface area contributed by atoms with Crippen LogP contribution in [0.2, 0.25) is 0 Å². The molecular weight excluding hydrogens is 230 g/mol. The first-order valence-corrected chi connectivity index (χ1v) is 5.92. The molecule has 0 radical (unpaired) electrons. The van der Waals surface area contributed by atoms with Gasteiger partial charge in [0.1, 0.15) is 17.4 Å². The lowest BCUT2D eigenvalue weighted by atomic mass is 10.1. The second-order valence-electron chi connectivity index (χ2n) is 4.17. The molecule has 0 saturated heterocycles. The number of furan rings is 1. The van der Waals surface area contributed by atoms with Crippen LogP contribution in [0.3, 0.4) is 0 Å². The van der Waals surface area contributed by atoms with E-state index in [1.807, 2.05) is 32.0 Å². The predicted octanol–water partition coefficient (Wildman–Crippen LogP) is 2.22. The third-order valence-electron chi connectivity index (χ3n) is 2.59. The maximum absolute atomic E-state index is 9.11. The molecule has 1 unspecified atom stereocenters. The fourth-order valence-electron chi connectivity index (χ4n) is 1.87. The van der Waals surface area contributed by atoms with E-state index >= 15 is 0 Å². The molecule has 2 heterocycles. The molecule has 0 bridgehead atoms. The normalized spacial score (nSPS) is 12.4. The molecule has 0 spiro atoms. The van der Waals surface area contributed by atoms with E-state index in [9.17, 15) is 0 Å². The van der Waals surface area contributed by atoms with Gasteiger partial charge in [-0.2, -0.15) is 0 Å². The Bertz CT molecular complexity index is 477. The topological polar surface area (TPSA) is 71.2 Å². The van der Waals surface area contributed by atoms with Gasteiger partial charge in [0.05, 0.1) is 12.3 Å². The lowest BCUT2D eigenvalue weighted by Gasteiger charge is -2.16. The van der Waals surface area contributed by atoms with Crippen molar-refractivity contribution in [3.63, 3.8) is 0 Å². The second kappa shape index (κ2) is 5.64. The number of aryl methyl sites for hydroxylation is 2. The molecule has 0 aliphatic rings.